The van der Waals surface area contributed by atoms with E-state index in [1.54, 1.807) is 36.9 Å². The number of benzene rings is 2. The molecule has 0 fully saturated rings. The van der Waals surface area contributed by atoms with E-state index in [2.05, 4.69) is 64.3 Å². The summed E-state index contributed by atoms with van der Waals surface area (Å²) >= 11 is 0. The van der Waals surface area contributed by atoms with Gasteiger partial charge >= 0.3 is 0 Å². The first kappa shape index (κ1) is 36.5. The molecule has 274 valence electrons. The number of aromatic nitrogens is 4. The number of pyridine rings is 2. The van der Waals surface area contributed by atoms with Gasteiger partial charge in [0.25, 0.3) is 0 Å². The summed E-state index contributed by atoms with van der Waals surface area (Å²) in [6.07, 6.45) is 9.35. The van der Waals surface area contributed by atoms with Crippen LogP contribution in [0.3, 0.4) is 0 Å². The van der Waals surface area contributed by atoms with Gasteiger partial charge in [0.2, 0.25) is 0 Å². The van der Waals surface area contributed by atoms with Crippen molar-refractivity contribution in [1.82, 2.24) is 19.9 Å². The zero-order valence-corrected chi connectivity index (χ0v) is 31.0. The summed E-state index contributed by atoms with van der Waals surface area (Å²) < 4.78 is 13.7. The fourth-order valence-corrected chi connectivity index (χ4v) is 7.49. The predicted molar refractivity (Wildman–Crippen MR) is 210 cm³/mol. The van der Waals surface area contributed by atoms with E-state index in [4.69, 9.17) is 5.26 Å². The lowest BCUT2D eigenvalue weighted by Gasteiger charge is -2.28. The molecule has 4 N–H and O–H groups in total. The van der Waals surface area contributed by atoms with Crippen molar-refractivity contribution in [2.24, 2.45) is 10.8 Å². The Morgan fingerprint density at radius 1 is 0.655 bits per heavy atom. The van der Waals surface area contributed by atoms with Crippen LogP contribution in [0.2, 0.25) is 0 Å². The second-order valence-electron chi connectivity index (χ2n) is 15.5. The van der Waals surface area contributed by atoms with Gasteiger partial charge in [-0.2, -0.15) is 10.5 Å². The molecule has 2 aliphatic rings. The number of ketones is 2. The van der Waals surface area contributed by atoms with E-state index in [0.29, 0.717) is 46.6 Å². The number of aromatic amines is 2. The molecule has 0 atom stereocenters. The van der Waals surface area contributed by atoms with Gasteiger partial charge in [-0.05, 0) is 78.3 Å². The zero-order valence-electron chi connectivity index (χ0n) is 31.0. The SMILES string of the molecule is CC1(C)CC(=O)c2c([nH]c(-c3ccncc3)c2Nc2ccc(F)c(C#N)c2)C1.CC1(C)CC(=O)c2c([nH]c(-c3ccncc3)c2Nc2ccccc2C#N)C1. The van der Waals surface area contributed by atoms with Gasteiger partial charge in [-0.3, -0.25) is 19.6 Å². The molecule has 0 spiro atoms. The van der Waals surface area contributed by atoms with Crippen LogP contribution in [0.25, 0.3) is 22.5 Å². The quantitative estimate of drug-likeness (QED) is 0.132. The smallest absolute Gasteiger partial charge is 0.167 e. The topological polar surface area (TPSA) is 163 Å². The predicted octanol–water partition coefficient (Wildman–Crippen LogP) is 9.83. The molecule has 0 amide bonds. The molecule has 2 aromatic carbocycles. The minimum absolute atomic E-state index is 0.0488. The highest BCUT2D eigenvalue weighted by molar-refractivity contribution is 6.08. The molecule has 8 rings (SSSR count). The normalized spacial score (nSPS) is 15.0. The van der Waals surface area contributed by atoms with Crippen LogP contribution in [0, 0.1) is 39.3 Å². The minimum atomic E-state index is -0.573. The molecule has 0 aliphatic heterocycles. The van der Waals surface area contributed by atoms with Crippen LogP contribution in [0.1, 0.15) is 83.8 Å². The molecule has 10 nitrogen and oxygen atoms in total. The first-order chi connectivity index (χ1) is 26.4. The molecule has 2 aliphatic carbocycles. The maximum absolute atomic E-state index is 13.7. The van der Waals surface area contributed by atoms with E-state index in [9.17, 15) is 19.2 Å². The average Bonchev–Trinajstić information content (AvgIpc) is 3.70. The summed E-state index contributed by atoms with van der Waals surface area (Å²) in [5.41, 5.74) is 9.55. The molecule has 0 bridgehead atoms. The largest absolute Gasteiger partial charge is 0.356 e. The number of hydrogen-bond acceptors (Lipinski definition) is 8. The number of H-pyrrole nitrogens is 2. The van der Waals surface area contributed by atoms with E-state index in [-0.39, 0.29) is 28.0 Å². The van der Waals surface area contributed by atoms with Crippen molar-refractivity contribution in [3.8, 4) is 34.7 Å². The molecule has 55 heavy (non-hydrogen) atoms. The van der Waals surface area contributed by atoms with Gasteiger partial charge in [0.1, 0.15) is 18.0 Å². The molecular formula is C44H39FN8O2. The van der Waals surface area contributed by atoms with Crippen LogP contribution in [0.5, 0.6) is 0 Å². The van der Waals surface area contributed by atoms with Gasteiger partial charge in [0, 0.05) is 65.8 Å². The lowest BCUT2D eigenvalue weighted by Crippen LogP contribution is -2.26. The van der Waals surface area contributed by atoms with Crippen molar-refractivity contribution in [3.63, 3.8) is 0 Å². The highest BCUT2D eigenvalue weighted by atomic mass is 19.1. The Kier molecular flexibility index (Phi) is 9.64. The summed E-state index contributed by atoms with van der Waals surface area (Å²) in [5.74, 6) is -0.390. The summed E-state index contributed by atoms with van der Waals surface area (Å²) in [5, 5.41) is 25.1. The monoisotopic (exact) mass is 730 g/mol. The number of rotatable bonds is 6. The number of halogens is 1. The Balaban J connectivity index is 0.000000169. The molecule has 0 radical (unpaired) electrons. The third-order valence-corrected chi connectivity index (χ3v) is 9.90. The second-order valence-corrected chi connectivity index (χ2v) is 15.5. The van der Waals surface area contributed by atoms with Crippen LogP contribution in [-0.2, 0) is 12.8 Å². The fourth-order valence-electron chi connectivity index (χ4n) is 7.49. The van der Waals surface area contributed by atoms with Crippen molar-refractivity contribution in [3.05, 3.63) is 131 Å². The van der Waals surface area contributed by atoms with E-state index < -0.39 is 5.82 Å². The van der Waals surface area contributed by atoms with E-state index >= 15 is 0 Å². The van der Waals surface area contributed by atoms with Crippen LogP contribution < -0.4 is 10.6 Å². The van der Waals surface area contributed by atoms with Crippen LogP contribution in [0.15, 0.2) is 91.5 Å². The lowest BCUT2D eigenvalue weighted by atomic mass is 9.76. The van der Waals surface area contributed by atoms with Crippen molar-refractivity contribution < 1.29 is 14.0 Å². The van der Waals surface area contributed by atoms with Crippen molar-refractivity contribution in [1.29, 1.82) is 10.5 Å². The zero-order chi connectivity index (χ0) is 38.9. The third-order valence-electron chi connectivity index (χ3n) is 9.90. The van der Waals surface area contributed by atoms with Gasteiger partial charge in [-0.25, -0.2) is 4.39 Å². The van der Waals surface area contributed by atoms with Gasteiger partial charge in [-0.15, -0.1) is 0 Å². The first-order valence-electron chi connectivity index (χ1n) is 18.0. The van der Waals surface area contributed by atoms with Gasteiger partial charge < -0.3 is 20.6 Å². The van der Waals surface area contributed by atoms with Crippen LogP contribution >= 0.6 is 0 Å². The number of fused-ring (bicyclic) bond motifs is 2. The number of nitrogens with zero attached hydrogens (tertiary/aromatic N) is 4. The van der Waals surface area contributed by atoms with E-state index in [0.717, 1.165) is 52.4 Å². The Bertz CT molecular complexity index is 2520. The Labute approximate surface area is 318 Å². The number of Topliss-reactive ketones (excluding diaryl/α,β-unsaturated/α-hetero) is 2. The van der Waals surface area contributed by atoms with Gasteiger partial charge in [-0.1, -0.05) is 39.8 Å². The number of anilines is 4. The summed E-state index contributed by atoms with van der Waals surface area (Å²) in [6, 6.07) is 23.2. The first-order valence-corrected chi connectivity index (χ1v) is 18.0. The number of nitrogens with one attached hydrogen (secondary N) is 4. The van der Waals surface area contributed by atoms with Crippen LogP contribution in [0.4, 0.5) is 27.1 Å². The number of carbonyl (C=O) groups excluding carboxylic acids is 2. The highest BCUT2D eigenvalue weighted by Gasteiger charge is 2.37. The lowest BCUT2D eigenvalue weighted by molar-refractivity contribution is 0.0903. The molecule has 11 heteroatoms. The van der Waals surface area contributed by atoms with Crippen molar-refractivity contribution >= 4 is 34.3 Å². The second kappa shape index (κ2) is 14.5. The Hall–Kier alpha value is -6.85. The van der Waals surface area contributed by atoms with Gasteiger partial charge in [0.15, 0.2) is 11.6 Å². The van der Waals surface area contributed by atoms with E-state index in [1.165, 1.54) is 12.1 Å². The number of hydrogen-bond donors (Lipinski definition) is 4. The Morgan fingerprint density at radius 3 is 1.65 bits per heavy atom. The van der Waals surface area contributed by atoms with Crippen molar-refractivity contribution in [2.45, 2.75) is 53.4 Å². The maximum Gasteiger partial charge on any atom is 0.167 e. The third kappa shape index (κ3) is 7.51. The van der Waals surface area contributed by atoms with E-state index in [1.807, 2.05) is 48.5 Å². The highest BCUT2D eigenvalue weighted by Crippen LogP contribution is 2.45. The molecule has 4 aromatic heterocycles. The number of nitriles is 2. The maximum atomic E-state index is 13.7. The molecule has 6 aromatic rings. The Morgan fingerprint density at radius 2 is 1.15 bits per heavy atom. The average molecular weight is 731 g/mol. The molecule has 0 saturated heterocycles. The number of carbonyl (C=O) groups is 2. The van der Waals surface area contributed by atoms with Crippen molar-refractivity contribution in [2.75, 3.05) is 10.6 Å². The number of para-hydroxylation sites is 1. The standard InChI is InChI=1S/C22H19FN4O.C22H20N4O/c1-22(2)10-17-19(18(28)11-22)21(20(27-17)13-5-7-25-8-6-13)26-15-3-4-16(23)14(9-15)12-24;1-22(2)11-17-19(18(27)12-22)21(20(26-17)14-7-9-24-10-8-14)25-16-6-4-3-5-15(16)13-23/h3-9,26-27H,10-11H2,1-2H3;3-10,25-26H,11-12H2,1-2H3. The molecule has 4 heterocycles. The fraction of sp³-hybridized carbons (Fsp3) is 0.227. The summed E-state index contributed by atoms with van der Waals surface area (Å²) in [4.78, 5) is 41.0. The summed E-state index contributed by atoms with van der Waals surface area (Å²) in [7, 11) is 0. The molecule has 0 unspecified atom stereocenters. The van der Waals surface area contributed by atoms with Gasteiger partial charge in [0.05, 0.1) is 50.7 Å². The molecular weight excluding hydrogens is 692 g/mol. The molecule has 0 saturated carbocycles. The minimum Gasteiger partial charge on any atom is -0.356 e. The van der Waals surface area contributed by atoms with Crippen LogP contribution in [-0.4, -0.2) is 31.5 Å². The summed E-state index contributed by atoms with van der Waals surface area (Å²) in [6.45, 7) is 8.37.